The maximum Gasteiger partial charge on any atom is 0.260 e. The summed E-state index contributed by atoms with van der Waals surface area (Å²) in [6.07, 6.45) is 0.775. The number of nitrogens with zero attached hydrogens (tertiary/aromatic N) is 2. The highest BCUT2D eigenvalue weighted by molar-refractivity contribution is 7.19. The lowest BCUT2D eigenvalue weighted by molar-refractivity contribution is 0.100. The molecule has 0 aliphatic heterocycles. The van der Waals surface area contributed by atoms with Gasteiger partial charge in [-0.05, 0) is 17.9 Å². The number of carbonyl (C=O) groups is 2. The third-order valence-corrected chi connectivity index (χ3v) is 5.26. The summed E-state index contributed by atoms with van der Waals surface area (Å²) in [6, 6.07) is 8.06. The van der Waals surface area contributed by atoms with Gasteiger partial charge in [-0.1, -0.05) is 56.4 Å². The van der Waals surface area contributed by atoms with E-state index in [1.54, 1.807) is 11.3 Å². The number of nitrogens with two attached hydrogens (primary N) is 1. The molecule has 3 aromatic rings. The molecule has 0 atom stereocenters. The lowest BCUT2D eigenvalue weighted by atomic mass is 9.86. The number of hydrogen-bond donors (Lipinski definition) is 1. The maximum atomic E-state index is 11.7. The van der Waals surface area contributed by atoms with Crippen LogP contribution in [0, 0.1) is 6.92 Å². The molecule has 0 unspecified atom stereocenters. The van der Waals surface area contributed by atoms with Gasteiger partial charge in [-0.3, -0.25) is 14.0 Å². The van der Waals surface area contributed by atoms with Crippen LogP contribution in [0.2, 0.25) is 0 Å². The van der Waals surface area contributed by atoms with Crippen molar-refractivity contribution in [2.45, 2.75) is 33.1 Å². The highest BCUT2D eigenvalue weighted by Gasteiger charge is 2.22. The smallest absolute Gasteiger partial charge is 0.260 e. The standard InChI is InChI=1S/C18H19N3O2S/c1-10-15(16(19)23)24-17-20-14(13(9-22)21(10)17)11-5-7-12(8-6-11)18(2,3)4/h5-9H,1-4H3,(H2,19,23). The molecular weight excluding hydrogens is 322 g/mol. The Balaban J connectivity index is 2.17. The fraction of sp³-hybridized carbons (Fsp3) is 0.278. The molecule has 0 aliphatic rings. The third kappa shape index (κ3) is 2.53. The van der Waals surface area contributed by atoms with Crippen LogP contribution in [-0.4, -0.2) is 21.6 Å². The van der Waals surface area contributed by atoms with Gasteiger partial charge in [0.1, 0.15) is 16.3 Å². The van der Waals surface area contributed by atoms with Gasteiger partial charge in [0.25, 0.3) is 5.91 Å². The molecule has 0 saturated carbocycles. The topological polar surface area (TPSA) is 77.5 Å². The molecule has 124 valence electrons. The largest absolute Gasteiger partial charge is 0.365 e. The number of amides is 1. The summed E-state index contributed by atoms with van der Waals surface area (Å²) in [6.45, 7) is 8.23. The van der Waals surface area contributed by atoms with Crippen molar-refractivity contribution in [3.8, 4) is 11.3 Å². The number of hydrogen-bond acceptors (Lipinski definition) is 4. The van der Waals surface area contributed by atoms with Crippen LogP contribution in [0.5, 0.6) is 0 Å². The molecule has 0 spiro atoms. The minimum absolute atomic E-state index is 0.0630. The summed E-state index contributed by atoms with van der Waals surface area (Å²) in [5.74, 6) is -0.504. The van der Waals surface area contributed by atoms with E-state index in [9.17, 15) is 9.59 Å². The molecule has 0 bridgehead atoms. The maximum absolute atomic E-state index is 11.7. The predicted octanol–water partition coefficient (Wildman–Crippen LogP) is 3.58. The number of benzene rings is 1. The summed E-state index contributed by atoms with van der Waals surface area (Å²) in [7, 11) is 0. The lowest BCUT2D eigenvalue weighted by Crippen LogP contribution is -2.11. The van der Waals surface area contributed by atoms with E-state index in [0.29, 0.717) is 26.9 Å². The van der Waals surface area contributed by atoms with E-state index in [1.165, 1.54) is 16.9 Å². The van der Waals surface area contributed by atoms with Crippen LogP contribution in [0.4, 0.5) is 0 Å². The van der Waals surface area contributed by atoms with Crippen LogP contribution in [0.15, 0.2) is 24.3 Å². The Hall–Kier alpha value is -2.47. The number of thiazole rings is 1. The molecular formula is C18H19N3O2S. The fourth-order valence-corrected chi connectivity index (χ4v) is 3.73. The van der Waals surface area contributed by atoms with E-state index in [2.05, 4.69) is 37.9 Å². The van der Waals surface area contributed by atoms with Crippen LogP contribution in [0.3, 0.4) is 0 Å². The van der Waals surface area contributed by atoms with E-state index in [0.717, 1.165) is 11.8 Å². The SMILES string of the molecule is Cc1c(C(N)=O)sc2nc(-c3ccc(C(C)(C)C)cc3)c(C=O)n12. The van der Waals surface area contributed by atoms with Gasteiger partial charge in [-0.25, -0.2) is 4.98 Å². The number of aromatic nitrogens is 2. The van der Waals surface area contributed by atoms with E-state index in [-0.39, 0.29) is 5.41 Å². The zero-order chi connectivity index (χ0) is 17.6. The Morgan fingerprint density at radius 2 is 1.88 bits per heavy atom. The average molecular weight is 341 g/mol. The summed E-state index contributed by atoms with van der Waals surface area (Å²) in [5.41, 5.74) is 9.24. The average Bonchev–Trinajstić information content (AvgIpc) is 3.03. The fourth-order valence-electron chi connectivity index (χ4n) is 2.75. The number of aryl methyl sites for hydroxylation is 1. The van der Waals surface area contributed by atoms with E-state index in [1.807, 2.05) is 12.1 Å². The zero-order valence-electron chi connectivity index (χ0n) is 14.1. The molecule has 2 N–H and O–H groups in total. The first-order chi connectivity index (χ1) is 11.2. The van der Waals surface area contributed by atoms with Crippen molar-refractivity contribution in [3.05, 3.63) is 46.1 Å². The van der Waals surface area contributed by atoms with Gasteiger partial charge in [-0.2, -0.15) is 0 Å². The van der Waals surface area contributed by atoms with Gasteiger partial charge in [-0.15, -0.1) is 0 Å². The van der Waals surface area contributed by atoms with Crippen molar-refractivity contribution in [2.75, 3.05) is 0 Å². The molecule has 0 saturated heterocycles. The van der Waals surface area contributed by atoms with Crippen LogP contribution in [0.1, 0.15) is 52.2 Å². The van der Waals surface area contributed by atoms with Crippen molar-refractivity contribution in [3.63, 3.8) is 0 Å². The van der Waals surface area contributed by atoms with Gasteiger partial charge in [0.2, 0.25) is 0 Å². The quantitative estimate of drug-likeness (QED) is 0.740. The summed E-state index contributed by atoms with van der Waals surface area (Å²) < 4.78 is 1.70. The van der Waals surface area contributed by atoms with Crippen LogP contribution in [-0.2, 0) is 5.41 Å². The molecule has 6 heteroatoms. The Morgan fingerprint density at radius 1 is 1.25 bits per heavy atom. The van der Waals surface area contributed by atoms with Gasteiger partial charge >= 0.3 is 0 Å². The second kappa shape index (κ2) is 5.56. The van der Waals surface area contributed by atoms with Gasteiger partial charge in [0.15, 0.2) is 11.2 Å². The van der Waals surface area contributed by atoms with E-state index < -0.39 is 5.91 Å². The lowest BCUT2D eigenvalue weighted by Gasteiger charge is -2.19. The predicted molar refractivity (Wildman–Crippen MR) is 95.8 cm³/mol. The van der Waals surface area contributed by atoms with Crippen LogP contribution < -0.4 is 5.73 Å². The third-order valence-electron chi connectivity index (χ3n) is 4.10. The van der Waals surface area contributed by atoms with Crippen molar-refractivity contribution in [2.24, 2.45) is 5.73 Å². The number of imidazole rings is 1. The van der Waals surface area contributed by atoms with Crippen molar-refractivity contribution >= 4 is 28.5 Å². The van der Waals surface area contributed by atoms with Gasteiger partial charge < -0.3 is 5.73 Å². The molecule has 0 fully saturated rings. The summed E-state index contributed by atoms with van der Waals surface area (Å²) in [5, 5.41) is 0. The molecule has 0 radical (unpaired) electrons. The monoisotopic (exact) mass is 341 g/mol. The summed E-state index contributed by atoms with van der Waals surface area (Å²) >= 11 is 1.20. The molecule has 2 aromatic heterocycles. The second-order valence-electron chi connectivity index (χ2n) is 6.79. The van der Waals surface area contributed by atoms with E-state index >= 15 is 0 Å². The molecule has 24 heavy (non-hydrogen) atoms. The van der Waals surface area contributed by atoms with Crippen LogP contribution >= 0.6 is 11.3 Å². The Bertz CT molecular complexity index is 943. The first-order valence-electron chi connectivity index (χ1n) is 7.61. The van der Waals surface area contributed by atoms with Crippen molar-refractivity contribution in [1.29, 1.82) is 0 Å². The summed E-state index contributed by atoms with van der Waals surface area (Å²) in [4.78, 5) is 28.7. The Kier molecular flexibility index (Phi) is 3.80. The van der Waals surface area contributed by atoms with E-state index in [4.69, 9.17) is 5.73 Å². The zero-order valence-corrected chi connectivity index (χ0v) is 14.9. The Morgan fingerprint density at radius 3 is 2.38 bits per heavy atom. The molecule has 3 rings (SSSR count). The molecule has 1 amide bonds. The first kappa shape index (κ1) is 16.4. The minimum atomic E-state index is -0.504. The number of primary amides is 1. The molecule has 0 aliphatic carbocycles. The number of carbonyl (C=O) groups excluding carboxylic acids is 2. The van der Waals surface area contributed by atoms with Crippen molar-refractivity contribution < 1.29 is 9.59 Å². The number of rotatable bonds is 3. The van der Waals surface area contributed by atoms with Gasteiger partial charge in [0, 0.05) is 11.3 Å². The van der Waals surface area contributed by atoms with Crippen LogP contribution in [0.25, 0.3) is 16.2 Å². The molecule has 1 aromatic carbocycles. The second-order valence-corrected chi connectivity index (χ2v) is 7.77. The number of fused-ring (bicyclic) bond motifs is 1. The first-order valence-corrected chi connectivity index (χ1v) is 8.43. The highest BCUT2D eigenvalue weighted by atomic mass is 32.1. The van der Waals surface area contributed by atoms with Gasteiger partial charge in [0.05, 0.1) is 0 Å². The highest BCUT2D eigenvalue weighted by Crippen LogP contribution is 2.31. The number of aldehydes is 1. The minimum Gasteiger partial charge on any atom is -0.365 e. The molecule has 2 heterocycles. The Labute approximate surface area is 144 Å². The normalized spacial score (nSPS) is 11.8. The molecule has 5 nitrogen and oxygen atoms in total. The van der Waals surface area contributed by atoms with Crippen molar-refractivity contribution in [1.82, 2.24) is 9.38 Å².